The van der Waals surface area contributed by atoms with Crippen molar-refractivity contribution in [3.8, 4) is 0 Å². The van der Waals surface area contributed by atoms with Crippen LogP contribution in [0.1, 0.15) is 18.9 Å². The first-order valence-corrected chi connectivity index (χ1v) is 8.74. The fourth-order valence-electron chi connectivity index (χ4n) is 2.50. The third kappa shape index (κ3) is 5.91. The molecule has 7 nitrogen and oxygen atoms in total. The van der Waals surface area contributed by atoms with Gasteiger partial charge < -0.3 is 15.4 Å². The molecule has 0 unspecified atom stereocenters. The summed E-state index contributed by atoms with van der Waals surface area (Å²) in [6.45, 7) is 9.36. The molecule has 28 heavy (non-hydrogen) atoms. The van der Waals surface area contributed by atoms with Crippen molar-refractivity contribution in [2.45, 2.75) is 13.3 Å². The summed E-state index contributed by atoms with van der Waals surface area (Å²) in [5, 5.41) is 0.865. The van der Waals surface area contributed by atoms with Gasteiger partial charge in [-0.2, -0.15) is 0 Å². The molecule has 1 aromatic rings. The van der Waals surface area contributed by atoms with E-state index in [0.29, 0.717) is 36.5 Å². The van der Waals surface area contributed by atoms with Gasteiger partial charge in [-0.1, -0.05) is 36.9 Å². The van der Waals surface area contributed by atoms with E-state index in [2.05, 4.69) is 18.2 Å². The third-order valence-electron chi connectivity index (χ3n) is 3.73. The van der Waals surface area contributed by atoms with Gasteiger partial charge in [-0.25, -0.2) is 20.2 Å². The van der Waals surface area contributed by atoms with Crippen molar-refractivity contribution >= 4 is 40.8 Å². The predicted octanol–water partition coefficient (Wildman–Crippen LogP) is 3.28. The molecule has 0 saturated heterocycles. The highest BCUT2D eigenvalue weighted by Gasteiger charge is 2.23. The molecule has 1 aromatic carbocycles. The van der Waals surface area contributed by atoms with Crippen LogP contribution < -0.4 is 21.5 Å². The molecule has 0 spiro atoms. The summed E-state index contributed by atoms with van der Waals surface area (Å²) < 4.78 is 19.6. The number of hydrogen-bond donors (Lipinski definition) is 2. The topological polar surface area (TPSA) is 97.2 Å². The van der Waals surface area contributed by atoms with Crippen molar-refractivity contribution in [1.29, 1.82) is 0 Å². The average Bonchev–Trinajstić information content (AvgIpc) is 2.67. The average molecular weight is 410 g/mol. The minimum Gasteiger partial charge on any atom is -0.402 e. The number of aliphatic imine (C=N–C) groups is 1. The largest absolute Gasteiger partial charge is 0.402 e. The van der Waals surface area contributed by atoms with Gasteiger partial charge >= 0.3 is 0 Å². The Morgan fingerprint density at radius 3 is 2.57 bits per heavy atom. The SMILES string of the molecule is C=Cc1c(N(N)C(C)=O)cccc1N(CCCOC)C(=N/C(=C)Cl)/C(F)=C\N. The number of benzene rings is 1. The zero-order valence-corrected chi connectivity index (χ0v) is 16.7. The maximum atomic E-state index is 14.5. The zero-order chi connectivity index (χ0) is 21.3. The minimum atomic E-state index is -0.796. The van der Waals surface area contributed by atoms with E-state index in [1.54, 1.807) is 30.2 Å². The van der Waals surface area contributed by atoms with E-state index in [-0.39, 0.29) is 16.9 Å². The number of rotatable bonds is 9. The number of nitrogens with zero attached hydrogens (tertiary/aromatic N) is 3. The van der Waals surface area contributed by atoms with Gasteiger partial charge in [-0.15, -0.1) is 0 Å². The molecule has 1 amide bonds. The number of amidine groups is 1. The van der Waals surface area contributed by atoms with Crippen LogP contribution in [0.4, 0.5) is 15.8 Å². The minimum absolute atomic E-state index is 0.121. The first-order valence-electron chi connectivity index (χ1n) is 8.36. The number of anilines is 2. The second kappa shape index (κ2) is 11.2. The Kier molecular flexibility index (Phi) is 9.37. The summed E-state index contributed by atoms with van der Waals surface area (Å²) in [5.41, 5.74) is 6.79. The van der Waals surface area contributed by atoms with Crippen molar-refractivity contribution in [2.24, 2.45) is 16.6 Å². The number of amides is 1. The zero-order valence-electron chi connectivity index (χ0n) is 16.0. The molecule has 0 aromatic heterocycles. The van der Waals surface area contributed by atoms with Crippen LogP contribution in [0, 0.1) is 0 Å². The Bertz CT molecular complexity index is 795. The molecule has 1 rings (SSSR count). The summed E-state index contributed by atoms with van der Waals surface area (Å²) in [5.74, 6) is 4.57. The Hall–Kier alpha value is -2.68. The molecule has 0 bridgehead atoms. The molecule has 0 radical (unpaired) electrons. The van der Waals surface area contributed by atoms with Crippen LogP contribution in [0.2, 0.25) is 0 Å². The van der Waals surface area contributed by atoms with Gasteiger partial charge in [-0.05, 0) is 18.6 Å². The van der Waals surface area contributed by atoms with Crippen molar-refractivity contribution in [3.63, 3.8) is 0 Å². The number of nitrogens with two attached hydrogens (primary N) is 2. The molecule has 0 saturated carbocycles. The van der Waals surface area contributed by atoms with Gasteiger partial charge in [0.25, 0.3) is 0 Å². The van der Waals surface area contributed by atoms with Crippen molar-refractivity contribution < 1.29 is 13.9 Å². The van der Waals surface area contributed by atoms with Crippen LogP contribution in [0.5, 0.6) is 0 Å². The number of methoxy groups -OCH3 is 1. The fourth-order valence-corrected chi connectivity index (χ4v) is 2.59. The molecule has 0 atom stereocenters. The second-order valence-electron chi connectivity index (χ2n) is 5.63. The van der Waals surface area contributed by atoms with Crippen LogP contribution in [0.15, 0.2) is 53.5 Å². The lowest BCUT2D eigenvalue weighted by Gasteiger charge is -2.29. The van der Waals surface area contributed by atoms with Crippen LogP contribution >= 0.6 is 11.6 Å². The molecular formula is C19H25ClFN5O2. The van der Waals surface area contributed by atoms with E-state index >= 15 is 0 Å². The molecule has 0 heterocycles. The summed E-state index contributed by atoms with van der Waals surface area (Å²) in [6.07, 6.45) is 2.85. The second-order valence-corrected chi connectivity index (χ2v) is 6.06. The van der Waals surface area contributed by atoms with Crippen molar-refractivity contribution in [3.05, 3.63) is 54.1 Å². The van der Waals surface area contributed by atoms with E-state index < -0.39 is 5.83 Å². The van der Waals surface area contributed by atoms with Crippen LogP contribution in [-0.2, 0) is 9.53 Å². The number of halogens is 2. The normalized spacial score (nSPS) is 11.9. The molecule has 0 aliphatic carbocycles. The monoisotopic (exact) mass is 409 g/mol. The summed E-state index contributed by atoms with van der Waals surface area (Å²) in [7, 11) is 1.56. The standard InChI is InChI=1S/C19H25ClFN5O2/c1-5-15-17(8-6-9-18(15)26(23)14(3)27)25(10-7-11-28-4)19(16(21)12-22)24-13(2)20/h5-6,8-9,12H,1-2,7,10-11,22-23H2,3-4H3/b16-12+,24-19+. The highest BCUT2D eigenvalue weighted by Crippen LogP contribution is 2.32. The Balaban J connectivity index is 3.66. The van der Waals surface area contributed by atoms with Gasteiger partial charge in [0.2, 0.25) is 5.91 Å². The van der Waals surface area contributed by atoms with E-state index in [4.69, 9.17) is 27.9 Å². The van der Waals surface area contributed by atoms with Gasteiger partial charge in [0.1, 0.15) is 5.16 Å². The maximum Gasteiger partial charge on any atom is 0.238 e. The summed E-state index contributed by atoms with van der Waals surface area (Å²) >= 11 is 5.80. The number of carbonyl (C=O) groups excluding carboxylic acids is 1. The Morgan fingerprint density at radius 1 is 1.43 bits per heavy atom. The first-order chi connectivity index (χ1) is 13.3. The van der Waals surface area contributed by atoms with Gasteiger partial charge in [-0.3, -0.25) is 4.79 Å². The number of carbonyl (C=O) groups is 1. The Morgan fingerprint density at radius 2 is 2.07 bits per heavy atom. The molecular weight excluding hydrogens is 385 g/mol. The fraction of sp³-hybridized carbons (Fsp3) is 0.263. The third-order valence-corrected chi connectivity index (χ3v) is 3.81. The summed E-state index contributed by atoms with van der Waals surface area (Å²) in [6, 6.07) is 5.06. The highest BCUT2D eigenvalue weighted by atomic mass is 35.5. The van der Waals surface area contributed by atoms with E-state index in [1.165, 1.54) is 13.0 Å². The lowest BCUT2D eigenvalue weighted by Crippen LogP contribution is -2.37. The van der Waals surface area contributed by atoms with Crippen LogP contribution in [0.3, 0.4) is 0 Å². The van der Waals surface area contributed by atoms with Crippen LogP contribution in [0.25, 0.3) is 6.08 Å². The lowest BCUT2D eigenvalue weighted by atomic mass is 10.1. The molecule has 4 N–H and O–H groups in total. The van der Waals surface area contributed by atoms with Gasteiger partial charge in [0, 0.05) is 38.9 Å². The van der Waals surface area contributed by atoms with E-state index in [1.807, 2.05) is 0 Å². The van der Waals surface area contributed by atoms with E-state index in [9.17, 15) is 9.18 Å². The molecule has 0 aliphatic heterocycles. The number of hydrogen-bond acceptors (Lipinski definition) is 5. The van der Waals surface area contributed by atoms with Crippen molar-refractivity contribution in [1.82, 2.24) is 0 Å². The molecule has 0 fully saturated rings. The lowest BCUT2D eigenvalue weighted by molar-refractivity contribution is -0.116. The predicted molar refractivity (Wildman–Crippen MR) is 114 cm³/mol. The smallest absolute Gasteiger partial charge is 0.238 e. The summed E-state index contributed by atoms with van der Waals surface area (Å²) in [4.78, 5) is 17.3. The molecule has 152 valence electrons. The van der Waals surface area contributed by atoms with Gasteiger partial charge in [0.15, 0.2) is 11.7 Å². The Labute approximate surface area is 169 Å². The number of ether oxygens (including phenoxy) is 1. The van der Waals surface area contributed by atoms with Gasteiger partial charge in [0.05, 0.1) is 11.4 Å². The van der Waals surface area contributed by atoms with Crippen LogP contribution in [-0.4, -0.2) is 32.0 Å². The quantitative estimate of drug-likeness (QED) is 0.124. The van der Waals surface area contributed by atoms with E-state index in [0.717, 1.165) is 11.2 Å². The maximum absolute atomic E-state index is 14.5. The number of hydrazine groups is 1. The molecule has 9 heteroatoms. The highest BCUT2D eigenvalue weighted by molar-refractivity contribution is 6.30. The first kappa shape index (κ1) is 23.4. The molecule has 0 aliphatic rings. The van der Waals surface area contributed by atoms with Crippen molar-refractivity contribution in [2.75, 3.05) is 30.2 Å².